The fourth-order valence-corrected chi connectivity index (χ4v) is 4.13. The molecule has 0 radical (unpaired) electrons. The molecule has 1 saturated heterocycles. The smallest absolute Gasteiger partial charge is 0.121 e. The summed E-state index contributed by atoms with van der Waals surface area (Å²) in [7, 11) is 2.32. The van der Waals surface area contributed by atoms with Gasteiger partial charge in [-0.3, -0.25) is 0 Å². The van der Waals surface area contributed by atoms with E-state index in [1.165, 1.54) is 32.2 Å². The van der Waals surface area contributed by atoms with E-state index >= 15 is 0 Å². The second-order valence-electron chi connectivity index (χ2n) is 6.64. The lowest BCUT2D eigenvalue weighted by Crippen LogP contribution is -2.72. The molecule has 2 fully saturated rings. The number of quaternary nitrogens is 1. The van der Waals surface area contributed by atoms with Crippen LogP contribution in [-0.4, -0.2) is 41.4 Å². The van der Waals surface area contributed by atoms with Gasteiger partial charge < -0.3 is 9.59 Å². The van der Waals surface area contributed by atoms with E-state index in [-0.39, 0.29) is 5.41 Å². The van der Waals surface area contributed by atoms with Crippen LogP contribution in [-0.2, 0) is 0 Å². The lowest BCUT2D eigenvalue weighted by atomic mass is 9.57. The van der Waals surface area contributed by atoms with E-state index in [4.69, 9.17) is 0 Å². The van der Waals surface area contributed by atoms with E-state index in [9.17, 15) is 5.11 Å². The first-order chi connectivity index (χ1) is 7.38. The minimum atomic E-state index is -0.422. The molecule has 4 unspecified atom stereocenters. The molecule has 16 heavy (non-hydrogen) atoms. The van der Waals surface area contributed by atoms with Crippen LogP contribution in [0.15, 0.2) is 0 Å². The molecule has 0 bridgehead atoms. The van der Waals surface area contributed by atoms with Gasteiger partial charge in [0, 0.05) is 11.8 Å². The molecule has 94 valence electrons. The molecule has 0 amide bonds. The fourth-order valence-electron chi connectivity index (χ4n) is 4.13. The van der Waals surface area contributed by atoms with Crippen LogP contribution in [0.2, 0.25) is 0 Å². The van der Waals surface area contributed by atoms with Gasteiger partial charge in [-0.15, -0.1) is 0 Å². The lowest BCUT2D eigenvalue weighted by Gasteiger charge is -2.60. The molecule has 0 aromatic heterocycles. The van der Waals surface area contributed by atoms with Crippen LogP contribution in [0.1, 0.15) is 52.9 Å². The van der Waals surface area contributed by atoms with Crippen molar-refractivity contribution < 1.29 is 9.59 Å². The Bertz CT molecular complexity index is 280. The Morgan fingerprint density at radius 3 is 2.50 bits per heavy atom. The van der Waals surface area contributed by atoms with Gasteiger partial charge in [0.15, 0.2) is 0 Å². The number of likely N-dealkylation sites (N-methyl/N-ethyl adjacent to an activating group) is 1. The second-order valence-corrected chi connectivity index (χ2v) is 6.64. The van der Waals surface area contributed by atoms with Gasteiger partial charge >= 0.3 is 0 Å². The molecule has 0 aromatic carbocycles. The number of likely N-dealkylation sites (tertiary alicyclic amines) is 1. The molecule has 2 nitrogen and oxygen atoms in total. The van der Waals surface area contributed by atoms with Gasteiger partial charge in [0.1, 0.15) is 11.6 Å². The Labute approximate surface area is 100 Å². The van der Waals surface area contributed by atoms with Crippen molar-refractivity contribution in [3.05, 3.63) is 0 Å². The standard InChI is InChI=1S/C14H28NO/c1-5-15(4)11-10-13(3)8-6-7-9-14(13,16)12(15)2/h12,16H,5-11H2,1-4H3/q+1. The molecule has 1 N–H and O–H groups in total. The van der Waals surface area contributed by atoms with Crippen LogP contribution in [0, 0.1) is 5.41 Å². The van der Waals surface area contributed by atoms with Gasteiger partial charge in [0.25, 0.3) is 0 Å². The van der Waals surface area contributed by atoms with E-state index < -0.39 is 5.60 Å². The first-order valence-electron chi connectivity index (χ1n) is 6.95. The van der Waals surface area contributed by atoms with E-state index in [2.05, 4.69) is 27.8 Å². The number of nitrogens with zero attached hydrogens (tertiary/aromatic N) is 1. The topological polar surface area (TPSA) is 20.2 Å². The van der Waals surface area contributed by atoms with Crippen LogP contribution in [0.25, 0.3) is 0 Å². The SMILES string of the molecule is CC[N+]1(C)CCC2(C)CCCCC2(O)C1C. The van der Waals surface area contributed by atoms with Gasteiger partial charge in [0.2, 0.25) is 0 Å². The van der Waals surface area contributed by atoms with E-state index in [1.807, 2.05) is 0 Å². The van der Waals surface area contributed by atoms with Crippen molar-refractivity contribution in [3.8, 4) is 0 Å². The van der Waals surface area contributed by atoms with Crippen LogP contribution in [0.3, 0.4) is 0 Å². The summed E-state index contributed by atoms with van der Waals surface area (Å²) in [5.74, 6) is 0. The highest BCUT2D eigenvalue weighted by Gasteiger charge is 2.60. The second kappa shape index (κ2) is 3.71. The summed E-state index contributed by atoms with van der Waals surface area (Å²) in [6.45, 7) is 9.22. The van der Waals surface area contributed by atoms with Crippen molar-refractivity contribution in [1.82, 2.24) is 0 Å². The van der Waals surface area contributed by atoms with Gasteiger partial charge in [-0.1, -0.05) is 19.8 Å². The summed E-state index contributed by atoms with van der Waals surface area (Å²) in [6, 6.07) is 0.386. The largest absolute Gasteiger partial charge is 0.383 e. The molecule has 1 saturated carbocycles. The van der Waals surface area contributed by atoms with Crippen molar-refractivity contribution >= 4 is 0 Å². The Balaban J connectivity index is 2.34. The molecule has 1 aliphatic carbocycles. The number of rotatable bonds is 1. The minimum absolute atomic E-state index is 0.178. The summed E-state index contributed by atoms with van der Waals surface area (Å²) in [6.07, 6.45) is 5.94. The molecule has 2 heteroatoms. The molecular formula is C14H28NO+. The average molecular weight is 226 g/mol. The Morgan fingerprint density at radius 1 is 1.25 bits per heavy atom. The number of aliphatic hydroxyl groups is 1. The zero-order valence-electron chi connectivity index (χ0n) is 11.4. The molecule has 4 atom stereocenters. The lowest BCUT2D eigenvalue weighted by molar-refractivity contribution is -0.946. The molecule has 1 heterocycles. The number of hydrogen-bond donors (Lipinski definition) is 1. The van der Waals surface area contributed by atoms with Crippen LogP contribution >= 0.6 is 0 Å². The van der Waals surface area contributed by atoms with Gasteiger partial charge in [-0.25, -0.2) is 0 Å². The summed E-state index contributed by atoms with van der Waals surface area (Å²) in [5, 5.41) is 11.2. The molecule has 2 rings (SSSR count). The molecular weight excluding hydrogens is 198 g/mol. The molecule has 1 aliphatic heterocycles. The third-order valence-corrected chi connectivity index (χ3v) is 6.10. The van der Waals surface area contributed by atoms with Crippen LogP contribution in [0.4, 0.5) is 0 Å². The zero-order chi connectivity index (χ0) is 12.0. The predicted octanol–water partition coefficient (Wildman–Crippen LogP) is 2.56. The highest BCUT2D eigenvalue weighted by atomic mass is 16.3. The normalized spacial score (nSPS) is 53.4. The molecule has 2 aliphatic rings. The van der Waals surface area contributed by atoms with Crippen molar-refractivity contribution in [3.63, 3.8) is 0 Å². The maximum atomic E-state index is 11.2. The summed E-state index contributed by atoms with van der Waals surface area (Å²) in [5.41, 5.74) is -0.244. The van der Waals surface area contributed by atoms with Crippen LogP contribution < -0.4 is 0 Å². The van der Waals surface area contributed by atoms with Crippen molar-refractivity contribution in [2.24, 2.45) is 5.41 Å². The monoisotopic (exact) mass is 226 g/mol. The van der Waals surface area contributed by atoms with Crippen molar-refractivity contribution in [1.29, 1.82) is 0 Å². The third kappa shape index (κ3) is 1.46. The first kappa shape index (κ1) is 12.4. The Morgan fingerprint density at radius 2 is 1.88 bits per heavy atom. The highest BCUT2D eigenvalue weighted by Crippen LogP contribution is 2.53. The predicted molar refractivity (Wildman–Crippen MR) is 67.2 cm³/mol. The van der Waals surface area contributed by atoms with E-state index in [0.717, 1.165) is 17.4 Å². The van der Waals surface area contributed by atoms with E-state index in [0.29, 0.717) is 6.04 Å². The summed E-state index contributed by atoms with van der Waals surface area (Å²) in [4.78, 5) is 0. The zero-order valence-corrected chi connectivity index (χ0v) is 11.4. The van der Waals surface area contributed by atoms with Gasteiger partial charge in [-0.05, 0) is 26.7 Å². The molecule has 0 spiro atoms. The fraction of sp³-hybridized carbons (Fsp3) is 1.00. The van der Waals surface area contributed by atoms with Gasteiger partial charge in [-0.2, -0.15) is 0 Å². The maximum Gasteiger partial charge on any atom is 0.121 e. The third-order valence-electron chi connectivity index (χ3n) is 6.10. The Kier molecular flexibility index (Phi) is 2.87. The van der Waals surface area contributed by atoms with E-state index in [1.54, 1.807) is 0 Å². The summed E-state index contributed by atoms with van der Waals surface area (Å²) >= 11 is 0. The first-order valence-corrected chi connectivity index (χ1v) is 6.95. The van der Waals surface area contributed by atoms with Crippen molar-refractivity contribution in [2.45, 2.75) is 64.5 Å². The molecule has 0 aromatic rings. The van der Waals surface area contributed by atoms with Gasteiger partial charge in [0.05, 0.1) is 20.1 Å². The number of fused-ring (bicyclic) bond motifs is 1. The highest BCUT2D eigenvalue weighted by molar-refractivity contribution is 5.04. The number of hydrogen-bond acceptors (Lipinski definition) is 1. The van der Waals surface area contributed by atoms with Crippen molar-refractivity contribution in [2.75, 3.05) is 20.1 Å². The average Bonchev–Trinajstić information content (AvgIpc) is 2.28. The quantitative estimate of drug-likeness (QED) is 0.681. The number of piperidine rings is 1. The van der Waals surface area contributed by atoms with Crippen LogP contribution in [0.5, 0.6) is 0 Å². The Hall–Kier alpha value is -0.0800. The summed E-state index contributed by atoms with van der Waals surface area (Å²) < 4.78 is 1.05. The minimum Gasteiger partial charge on any atom is -0.383 e. The maximum absolute atomic E-state index is 11.2.